The largest absolute Gasteiger partial charge is 0.394 e. The van der Waals surface area contributed by atoms with E-state index in [-0.39, 0.29) is 12.4 Å². The number of anilines is 1. The lowest BCUT2D eigenvalue weighted by Gasteiger charge is -2.22. The van der Waals surface area contributed by atoms with E-state index in [4.69, 9.17) is 15.2 Å². The number of nitrogens with two attached hydrogens (primary N) is 1. The molecule has 23 heavy (non-hydrogen) atoms. The van der Waals surface area contributed by atoms with Crippen LogP contribution in [0.1, 0.15) is 26.0 Å². The number of ether oxygens (including phenoxy) is 2. The molecular weight excluding hydrogens is 302 g/mol. The molecule has 4 atom stereocenters. The maximum atomic E-state index is 10.3. The molecule has 0 saturated carbocycles. The average Bonchev–Trinajstić information content (AvgIpc) is 3.10. The highest BCUT2D eigenvalue weighted by Crippen LogP contribution is 2.33. The zero-order valence-corrected chi connectivity index (χ0v) is 12.9. The molecule has 1 aliphatic rings. The lowest BCUT2D eigenvalue weighted by Crippen LogP contribution is -2.35. The normalized spacial score (nSPS) is 27.8. The molecule has 1 saturated heterocycles. The summed E-state index contributed by atoms with van der Waals surface area (Å²) in [7, 11) is 0. The van der Waals surface area contributed by atoms with Crippen LogP contribution >= 0.6 is 0 Å². The second-order valence-corrected chi connectivity index (χ2v) is 5.51. The van der Waals surface area contributed by atoms with Gasteiger partial charge < -0.3 is 25.4 Å². The third-order valence-electron chi connectivity index (χ3n) is 3.96. The molecule has 3 heterocycles. The fourth-order valence-electron chi connectivity index (χ4n) is 2.69. The Kier molecular flexibility index (Phi) is 4.71. The molecule has 0 aromatic carbocycles. The summed E-state index contributed by atoms with van der Waals surface area (Å²) in [5, 5.41) is 19.7. The van der Waals surface area contributed by atoms with Gasteiger partial charge in [-0.25, -0.2) is 15.0 Å². The van der Waals surface area contributed by atoms with Gasteiger partial charge >= 0.3 is 0 Å². The van der Waals surface area contributed by atoms with Crippen molar-refractivity contribution in [1.29, 1.82) is 0 Å². The summed E-state index contributed by atoms with van der Waals surface area (Å²) in [6.07, 6.45) is 1.82. The molecule has 4 N–H and O–H groups in total. The van der Waals surface area contributed by atoms with Gasteiger partial charge in [-0.1, -0.05) is 13.3 Å². The summed E-state index contributed by atoms with van der Waals surface area (Å²) in [4.78, 5) is 12.3. The quantitative estimate of drug-likeness (QED) is 0.626. The second kappa shape index (κ2) is 6.75. The van der Waals surface area contributed by atoms with Gasteiger partial charge in [0.2, 0.25) is 0 Å². The maximum Gasteiger partial charge on any atom is 0.167 e. The molecule has 1 fully saturated rings. The van der Waals surface area contributed by atoms with Gasteiger partial charge in [-0.05, 0) is 6.42 Å². The summed E-state index contributed by atoms with van der Waals surface area (Å²) < 4.78 is 13.2. The van der Waals surface area contributed by atoms with Crippen LogP contribution in [-0.2, 0) is 9.47 Å². The van der Waals surface area contributed by atoms with Crippen molar-refractivity contribution >= 4 is 17.0 Å². The SMILES string of the molecule is CCCCO[C@@H]1[C@H](O)[C@@H](CO)O[C@H]1n1cnc2c(N)ncnc21. The van der Waals surface area contributed by atoms with E-state index in [0.29, 0.717) is 17.8 Å². The van der Waals surface area contributed by atoms with Crippen molar-refractivity contribution in [1.82, 2.24) is 19.5 Å². The highest BCUT2D eigenvalue weighted by Gasteiger charge is 2.45. The first-order valence-electron chi connectivity index (χ1n) is 7.66. The number of fused-ring (bicyclic) bond motifs is 1. The molecule has 9 heteroatoms. The van der Waals surface area contributed by atoms with Gasteiger partial charge in [0.15, 0.2) is 17.7 Å². The van der Waals surface area contributed by atoms with Crippen molar-refractivity contribution in [2.24, 2.45) is 0 Å². The van der Waals surface area contributed by atoms with Crippen LogP contribution in [0.5, 0.6) is 0 Å². The second-order valence-electron chi connectivity index (χ2n) is 5.51. The van der Waals surface area contributed by atoms with Gasteiger partial charge in [0.05, 0.1) is 12.9 Å². The van der Waals surface area contributed by atoms with Crippen molar-refractivity contribution < 1.29 is 19.7 Å². The third-order valence-corrected chi connectivity index (χ3v) is 3.96. The molecule has 9 nitrogen and oxygen atoms in total. The van der Waals surface area contributed by atoms with E-state index < -0.39 is 24.5 Å². The first-order chi connectivity index (χ1) is 11.2. The van der Waals surface area contributed by atoms with Crippen LogP contribution in [0.15, 0.2) is 12.7 Å². The molecule has 3 rings (SSSR count). The van der Waals surface area contributed by atoms with E-state index in [2.05, 4.69) is 21.9 Å². The molecule has 0 radical (unpaired) electrons. The minimum atomic E-state index is -0.932. The summed E-state index contributed by atoms with van der Waals surface area (Å²) >= 11 is 0. The van der Waals surface area contributed by atoms with E-state index in [1.54, 1.807) is 4.57 Å². The molecular formula is C14H21N5O4. The zero-order valence-electron chi connectivity index (χ0n) is 12.9. The fourth-order valence-corrected chi connectivity index (χ4v) is 2.69. The van der Waals surface area contributed by atoms with Crippen molar-refractivity contribution in [3.05, 3.63) is 12.7 Å². The third kappa shape index (κ3) is 2.88. The standard InChI is InChI=1S/C14H21N5O4/c1-2-3-4-22-11-10(21)8(5-20)23-14(11)19-7-18-9-12(15)16-6-17-13(9)19/h6-8,10-11,14,20-21H,2-5H2,1H3,(H2,15,16,17)/t8-,10-,11-,14-/m1/s1. The van der Waals surface area contributed by atoms with Crippen molar-refractivity contribution in [2.45, 2.75) is 44.3 Å². The molecule has 0 bridgehead atoms. The van der Waals surface area contributed by atoms with Crippen molar-refractivity contribution in [3.63, 3.8) is 0 Å². The fraction of sp³-hybridized carbons (Fsp3) is 0.643. The van der Waals surface area contributed by atoms with Crippen LogP contribution < -0.4 is 5.73 Å². The van der Waals surface area contributed by atoms with Crippen molar-refractivity contribution in [3.8, 4) is 0 Å². The maximum absolute atomic E-state index is 10.3. The van der Waals surface area contributed by atoms with Gasteiger partial charge in [-0.2, -0.15) is 0 Å². The summed E-state index contributed by atoms with van der Waals surface area (Å²) in [6, 6.07) is 0. The number of hydrogen-bond acceptors (Lipinski definition) is 8. The van der Waals surface area contributed by atoms with E-state index in [1.165, 1.54) is 12.7 Å². The number of rotatable bonds is 6. The number of imidazole rings is 1. The lowest BCUT2D eigenvalue weighted by atomic mass is 10.1. The number of hydrogen-bond donors (Lipinski definition) is 3. The van der Waals surface area contributed by atoms with Gasteiger partial charge in [-0.3, -0.25) is 4.57 Å². The number of aliphatic hydroxyl groups is 2. The van der Waals surface area contributed by atoms with E-state index in [0.717, 1.165) is 12.8 Å². The van der Waals surface area contributed by atoms with Gasteiger partial charge in [-0.15, -0.1) is 0 Å². The van der Waals surface area contributed by atoms with Crippen LogP contribution in [-0.4, -0.2) is 61.3 Å². The molecule has 0 unspecified atom stereocenters. The van der Waals surface area contributed by atoms with Crippen LogP contribution in [0.2, 0.25) is 0 Å². The Morgan fingerprint density at radius 1 is 1.39 bits per heavy atom. The van der Waals surface area contributed by atoms with Crippen LogP contribution in [0.3, 0.4) is 0 Å². The number of nitrogens with zero attached hydrogens (tertiary/aromatic N) is 4. The molecule has 0 amide bonds. The number of unbranched alkanes of at least 4 members (excludes halogenated alkanes) is 1. The zero-order chi connectivity index (χ0) is 16.4. The predicted octanol–water partition coefficient (Wildman–Crippen LogP) is -0.156. The summed E-state index contributed by atoms with van der Waals surface area (Å²) in [5.74, 6) is 0.273. The number of aliphatic hydroxyl groups excluding tert-OH is 2. The minimum Gasteiger partial charge on any atom is -0.394 e. The Morgan fingerprint density at radius 2 is 2.22 bits per heavy atom. The monoisotopic (exact) mass is 323 g/mol. The summed E-state index contributed by atoms with van der Waals surface area (Å²) in [6.45, 7) is 2.26. The van der Waals surface area contributed by atoms with Gasteiger partial charge in [0.1, 0.15) is 30.2 Å². The topological polar surface area (TPSA) is 129 Å². The van der Waals surface area contributed by atoms with Crippen molar-refractivity contribution in [2.75, 3.05) is 18.9 Å². The smallest absolute Gasteiger partial charge is 0.167 e. The molecule has 0 spiro atoms. The first kappa shape index (κ1) is 16.1. The Balaban J connectivity index is 1.92. The Labute approximate surface area is 133 Å². The van der Waals surface area contributed by atoms with Gasteiger partial charge in [0.25, 0.3) is 0 Å². The van der Waals surface area contributed by atoms with Crippen LogP contribution in [0, 0.1) is 0 Å². The molecule has 2 aromatic rings. The molecule has 0 aliphatic carbocycles. The highest BCUT2D eigenvalue weighted by atomic mass is 16.6. The first-order valence-corrected chi connectivity index (χ1v) is 7.66. The number of aromatic nitrogens is 4. The Morgan fingerprint density at radius 3 is 2.96 bits per heavy atom. The summed E-state index contributed by atoms with van der Waals surface area (Å²) in [5.41, 5.74) is 6.75. The Hall–Kier alpha value is -1.81. The predicted molar refractivity (Wildman–Crippen MR) is 81.4 cm³/mol. The molecule has 2 aromatic heterocycles. The van der Waals surface area contributed by atoms with Crippen LogP contribution in [0.25, 0.3) is 11.2 Å². The average molecular weight is 323 g/mol. The Bertz CT molecular complexity index is 664. The van der Waals surface area contributed by atoms with Crippen LogP contribution in [0.4, 0.5) is 5.82 Å². The minimum absolute atomic E-state index is 0.273. The van der Waals surface area contributed by atoms with E-state index in [9.17, 15) is 10.2 Å². The highest BCUT2D eigenvalue weighted by molar-refractivity contribution is 5.81. The number of nitrogen functional groups attached to an aromatic ring is 1. The lowest BCUT2D eigenvalue weighted by molar-refractivity contribution is -0.0709. The van der Waals surface area contributed by atoms with E-state index >= 15 is 0 Å². The van der Waals surface area contributed by atoms with E-state index in [1.807, 2.05) is 0 Å². The molecule has 1 aliphatic heterocycles. The van der Waals surface area contributed by atoms with Gasteiger partial charge in [0, 0.05) is 6.61 Å². The molecule has 126 valence electrons.